The minimum absolute atomic E-state index is 0.439. The fourth-order valence-corrected chi connectivity index (χ4v) is 21.1. The lowest BCUT2D eigenvalue weighted by molar-refractivity contribution is 0.399. The predicted molar refractivity (Wildman–Crippen MR) is 294 cm³/mol. The van der Waals surface area contributed by atoms with Crippen LogP contribution in [-0.2, 0) is 0 Å². The van der Waals surface area contributed by atoms with Crippen molar-refractivity contribution in [3.63, 3.8) is 0 Å². The Balaban J connectivity index is 1.44. The first-order valence-corrected chi connectivity index (χ1v) is 29.8. The van der Waals surface area contributed by atoms with E-state index in [0.717, 1.165) is 44.5 Å². The SMILES string of the molecule is Cc1cccc(OP2(Oc3cccc(C)c3)=N[P+](Oc3cccc(C)c3)(Oc3cccc(C)c3)N[P+](Oc3cccc(C)c3)(Oc3cccc(C)c3)N[P+](Oc3cccc(C)c3)(Oc3cccc(C)c3)N2)c1. The number of nitrogens with zero attached hydrogens (tertiary/aromatic N) is 1. The van der Waals surface area contributed by atoms with Gasteiger partial charge in [-0.1, -0.05) is 97.1 Å². The van der Waals surface area contributed by atoms with Gasteiger partial charge in [-0.25, -0.2) is 0 Å². The maximum atomic E-state index is 7.43. The molecule has 72 heavy (non-hydrogen) atoms. The lowest BCUT2D eigenvalue weighted by Crippen LogP contribution is -2.45. The van der Waals surface area contributed by atoms with Gasteiger partial charge in [0.1, 0.15) is 21.2 Å². The lowest BCUT2D eigenvalue weighted by Gasteiger charge is -2.34. The van der Waals surface area contributed by atoms with Crippen LogP contribution >= 0.6 is 31.7 Å². The van der Waals surface area contributed by atoms with Gasteiger partial charge < -0.3 is 9.05 Å². The molecule has 12 nitrogen and oxygen atoms in total. The molecule has 8 aromatic carbocycles. The summed E-state index contributed by atoms with van der Waals surface area (Å²) in [5.41, 5.74) is 7.53. The minimum atomic E-state index is -4.26. The molecule has 3 N–H and O–H groups in total. The largest absolute Gasteiger partial charge is 0.617 e. The van der Waals surface area contributed by atoms with Crippen LogP contribution in [0.1, 0.15) is 44.5 Å². The molecule has 0 spiro atoms. The predicted octanol–water partition coefficient (Wildman–Crippen LogP) is 16.8. The number of hydrogen-bond acceptors (Lipinski definition) is 12. The van der Waals surface area contributed by atoms with Crippen LogP contribution in [0.5, 0.6) is 46.0 Å². The third kappa shape index (κ3) is 13.1. The summed E-state index contributed by atoms with van der Waals surface area (Å²) in [5.74, 6) is 3.58. The molecule has 0 fully saturated rings. The second kappa shape index (κ2) is 21.7. The van der Waals surface area contributed by atoms with E-state index in [1.54, 1.807) is 0 Å². The van der Waals surface area contributed by atoms with Gasteiger partial charge in [0.2, 0.25) is 0 Å². The Morgan fingerprint density at radius 1 is 0.306 bits per heavy atom. The van der Waals surface area contributed by atoms with Crippen LogP contribution in [0, 0.1) is 55.4 Å². The molecule has 9 rings (SSSR count). The zero-order valence-electron chi connectivity index (χ0n) is 41.5. The molecule has 0 bridgehead atoms. The summed E-state index contributed by atoms with van der Waals surface area (Å²) in [5, 5.41) is 0. The molecule has 0 radical (unpaired) electrons. The molecule has 0 saturated heterocycles. The van der Waals surface area contributed by atoms with E-state index in [0.29, 0.717) is 46.0 Å². The zero-order valence-corrected chi connectivity index (χ0v) is 45.1. The van der Waals surface area contributed by atoms with E-state index in [4.69, 9.17) is 40.7 Å². The number of hydrogen-bond donors (Lipinski definition) is 3. The van der Waals surface area contributed by atoms with E-state index in [2.05, 4.69) is 14.6 Å². The van der Waals surface area contributed by atoms with Crippen molar-refractivity contribution in [2.24, 2.45) is 4.52 Å². The Morgan fingerprint density at radius 2 is 0.556 bits per heavy atom. The van der Waals surface area contributed by atoms with Gasteiger partial charge in [-0.2, -0.15) is 0 Å². The highest BCUT2D eigenvalue weighted by molar-refractivity contribution is 7.90. The molecule has 0 aliphatic carbocycles. The molecular formula is C56H59N4O8P4+3. The highest BCUT2D eigenvalue weighted by Gasteiger charge is 2.79. The Morgan fingerprint density at radius 3 is 0.847 bits per heavy atom. The van der Waals surface area contributed by atoms with Crippen LogP contribution < -0.4 is 50.8 Å². The number of rotatable bonds is 16. The molecule has 0 saturated carbocycles. The van der Waals surface area contributed by atoms with Gasteiger partial charge in [-0.3, -0.25) is 27.1 Å². The van der Waals surface area contributed by atoms with Crippen LogP contribution in [-0.4, -0.2) is 0 Å². The average Bonchev–Trinajstić information content (AvgIpc) is 3.28. The van der Waals surface area contributed by atoms with Gasteiger partial charge in [0.25, 0.3) is 0 Å². The van der Waals surface area contributed by atoms with Crippen LogP contribution in [0.3, 0.4) is 0 Å². The average molecular weight is 1040 g/mol. The Bertz CT molecular complexity index is 3070. The van der Waals surface area contributed by atoms with E-state index in [9.17, 15) is 0 Å². The highest BCUT2D eigenvalue weighted by Crippen LogP contribution is 2.80. The summed E-state index contributed by atoms with van der Waals surface area (Å²) >= 11 is 0. The van der Waals surface area contributed by atoms with Gasteiger partial charge in [-0.15, -0.1) is 0 Å². The second-order valence-corrected chi connectivity index (χ2v) is 26.7. The molecule has 16 heteroatoms. The Kier molecular flexibility index (Phi) is 15.2. The molecule has 0 unspecified atom stereocenters. The first-order valence-electron chi connectivity index (χ1n) is 23.4. The van der Waals surface area contributed by atoms with E-state index in [1.807, 2.05) is 250 Å². The van der Waals surface area contributed by atoms with E-state index < -0.39 is 31.7 Å². The number of nitrogens with one attached hydrogen (secondary N) is 3. The third-order valence-corrected chi connectivity index (χ3v) is 22.6. The fraction of sp³-hybridized carbons (Fsp3) is 0.143. The molecule has 1 aliphatic rings. The smallest absolute Gasteiger partial charge is 0.415 e. The molecule has 1 heterocycles. The lowest BCUT2D eigenvalue weighted by atomic mass is 10.2. The maximum Gasteiger partial charge on any atom is 0.617 e. The topological polar surface area (TPSA) is 122 Å². The number of benzene rings is 8. The summed E-state index contributed by atoms with van der Waals surface area (Å²) in [7, 11) is -16.9. The summed E-state index contributed by atoms with van der Waals surface area (Å²) in [6.45, 7) is 16.0. The molecule has 0 aromatic heterocycles. The molecule has 0 amide bonds. The first kappa shape index (κ1) is 50.5. The zero-order chi connectivity index (χ0) is 50.4. The van der Waals surface area contributed by atoms with Crippen molar-refractivity contribution in [1.82, 2.24) is 14.6 Å². The highest BCUT2D eigenvalue weighted by atomic mass is 31.3. The maximum absolute atomic E-state index is 7.43. The monoisotopic (exact) mass is 1040 g/mol. The molecule has 1 aliphatic heterocycles. The quantitative estimate of drug-likeness (QED) is 0.0802. The summed E-state index contributed by atoms with van der Waals surface area (Å²) < 4.78 is 65.1. The van der Waals surface area contributed by atoms with Crippen molar-refractivity contribution < 1.29 is 36.2 Å². The standard InChI is InChI=1S/C56H59N4O8P4/c1-41-17-9-25-49(33-41)61-69(62-50-26-10-18-42(2)34-50)57-70(63-51-27-11-19-43(3)35-51,64-52-28-12-20-44(4)36-52)59-72(67-55-31-15-23-47(7)39-55,68-56-32-16-24-48(8)40-56)60-71(58-69,65-53-29-13-21-45(5)37-53)66-54-30-14-22-46(6)38-54/h9-40,57-59H,1-8H3/q+3. The summed E-state index contributed by atoms with van der Waals surface area (Å²) in [4.78, 5) is 11.4. The van der Waals surface area contributed by atoms with Gasteiger partial charge in [0.15, 0.2) is 34.5 Å². The van der Waals surface area contributed by atoms with Gasteiger partial charge in [0, 0.05) is 4.86 Å². The molecular weight excluding hydrogens is 981 g/mol. The van der Waals surface area contributed by atoms with E-state index >= 15 is 0 Å². The molecule has 0 atom stereocenters. The van der Waals surface area contributed by atoms with E-state index in [-0.39, 0.29) is 0 Å². The van der Waals surface area contributed by atoms with Crippen molar-refractivity contribution in [1.29, 1.82) is 0 Å². The van der Waals surface area contributed by atoms with Crippen LogP contribution in [0.25, 0.3) is 0 Å². The van der Waals surface area contributed by atoms with Crippen molar-refractivity contribution >= 4 is 31.7 Å². The summed E-state index contributed by atoms with van der Waals surface area (Å²) in [6.07, 6.45) is 0. The van der Waals surface area contributed by atoms with Crippen molar-refractivity contribution in [2.45, 2.75) is 55.4 Å². The van der Waals surface area contributed by atoms with Crippen molar-refractivity contribution in [3.05, 3.63) is 239 Å². The third-order valence-electron chi connectivity index (χ3n) is 10.8. The van der Waals surface area contributed by atoms with Gasteiger partial charge >= 0.3 is 31.7 Å². The fourth-order valence-electron chi connectivity index (χ4n) is 7.68. The summed E-state index contributed by atoms with van der Waals surface area (Å²) in [6, 6.07) is 61.6. The van der Waals surface area contributed by atoms with Gasteiger partial charge in [-0.05, 0) is 197 Å². The Hall–Kier alpha value is -6.44. The number of aryl methyl sites for hydroxylation is 8. The van der Waals surface area contributed by atoms with Crippen molar-refractivity contribution in [2.75, 3.05) is 0 Å². The molecule has 8 aromatic rings. The van der Waals surface area contributed by atoms with Crippen LogP contribution in [0.2, 0.25) is 0 Å². The molecule has 368 valence electrons. The van der Waals surface area contributed by atoms with E-state index in [1.165, 1.54) is 0 Å². The van der Waals surface area contributed by atoms with Crippen LogP contribution in [0.4, 0.5) is 0 Å². The van der Waals surface area contributed by atoms with Gasteiger partial charge in [0.05, 0.1) is 4.52 Å². The normalized spacial score (nSPS) is 15.3. The Labute approximate surface area is 425 Å². The second-order valence-electron chi connectivity index (χ2n) is 17.8. The first-order chi connectivity index (χ1) is 34.6. The minimum Gasteiger partial charge on any atom is -0.415 e. The van der Waals surface area contributed by atoms with Crippen LogP contribution in [0.15, 0.2) is 199 Å². The van der Waals surface area contributed by atoms with Crippen molar-refractivity contribution in [3.8, 4) is 46.0 Å².